The lowest BCUT2D eigenvalue weighted by Crippen LogP contribution is -1.80. The standard InChI is InChI=1S/C6H8S.C3H8/c1-6-3-2-4-7-5-6;1-3-2/h2-4H,5H2,1H3;3H2,1-2H3. The molecule has 0 atom stereocenters. The number of allylic oxidation sites excluding steroid dienone is 2. The Morgan fingerprint density at radius 2 is 2.10 bits per heavy atom. The minimum atomic E-state index is 1.18. The predicted octanol–water partition coefficient (Wildman–Crippen LogP) is 3.61. The summed E-state index contributed by atoms with van der Waals surface area (Å²) in [6.45, 7) is 6.40. The summed E-state index contributed by atoms with van der Waals surface area (Å²) >= 11 is 1.85. The molecule has 58 valence electrons. The molecular formula is C9H16S. The van der Waals surface area contributed by atoms with Crippen molar-refractivity contribution in [2.45, 2.75) is 27.2 Å². The minimum absolute atomic E-state index is 1.18. The molecule has 1 rings (SSSR count). The molecule has 0 aromatic rings. The molecule has 0 amide bonds. The highest BCUT2D eigenvalue weighted by Crippen LogP contribution is 2.13. The van der Waals surface area contributed by atoms with E-state index < -0.39 is 0 Å². The molecule has 0 N–H and O–H groups in total. The van der Waals surface area contributed by atoms with E-state index >= 15 is 0 Å². The summed E-state index contributed by atoms with van der Waals surface area (Å²) < 4.78 is 0. The molecule has 1 heteroatoms. The number of hydrogen-bond donors (Lipinski definition) is 0. The van der Waals surface area contributed by atoms with Crippen molar-refractivity contribution in [3.8, 4) is 0 Å². The van der Waals surface area contributed by atoms with Crippen molar-refractivity contribution in [2.75, 3.05) is 5.75 Å². The molecule has 0 radical (unpaired) electrons. The Kier molecular flexibility index (Phi) is 6.83. The third kappa shape index (κ3) is 5.96. The minimum Gasteiger partial charge on any atom is -0.130 e. The lowest BCUT2D eigenvalue weighted by Gasteiger charge is -1.98. The van der Waals surface area contributed by atoms with Gasteiger partial charge in [0.15, 0.2) is 0 Å². The van der Waals surface area contributed by atoms with Gasteiger partial charge in [-0.1, -0.05) is 38.0 Å². The van der Waals surface area contributed by atoms with E-state index in [0.717, 1.165) is 0 Å². The van der Waals surface area contributed by atoms with E-state index in [1.165, 1.54) is 17.7 Å². The molecule has 1 aliphatic rings. The van der Waals surface area contributed by atoms with Gasteiger partial charge in [-0.3, -0.25) is 0 Å². The predicted molar refractivity (Wildman–Crippen MR) is 51.3 cm³/mol. The van der Waals surface area contributed by atoms with Crippen molar-refractivity contribution in [3.63, 3.8) is 0 Å². The smallest absolute Gasteiger partial charge is 0.0185 e. The molecule has 1 aliphatic heterocycles. The highest BCUT2D eigenvalue weighted by Gasteiger charge is 1.88. The highest BCUT2D eigenvalue weighted by molar-refractivity contribution is 8.02. The maximum atomic E-state index is 2.15. The first kappa shape index (κ1) is 9.83. The second-order valence-electron chi connectivity index (χ2n) is 2.36. The molecule has 0 unspecified atom stereocenters. The van der Waals surface area contributed by atoms with Gasteiger partial charge in [-0.25, -0.2) is 0 Å². The first-order chi connectivity index (χ1) is 4.81. The summed E-state index contributed by atoms with van der Waals surface area (Å²) in [6.07, 6.45) is 5.49. The van der Waals surface area contributed by atoms with Gasteiger partial charge in [0.05, 0.1) is 0 Å². The largest absolute Gasteiger partial charge is 0.130 e. The molecule has 0 aromatic heterocycles. The van der Waals surface area contributed by atoms with Crippen molar-refractivity contribution in [2.24, 2.45) is 0 Å². The Bertz CT molecular complexity index is 123. The topological polar surface area (TPSA) is 0 Å². The Morgan fingerprint density at radius 1 is 1.50 bits per heavy atom. The zero-order chi connectivity index (χ0) is 7.82. The van der Waals surface area contributed by atoms with Crippen LogP contribution in [0.2, 0.25) is 0 Å². The molecule has 1 heterocycles. The Balaban J connectivity index is 0.000000236. The van der Waals surface area contributed by atoms with Gasteiger partial charge < -0.3 is 0 Å². The number of hydrogen-bond acceptors (Lipinski definition) is 1. The lowest BCUT2D eigenvalue weighted by atomic mass is 10.3. The van der Waals surface area contributed by atoms with Crippen LogP contribution in [0, 0.1) is 0 Å². The average Bonchev–Trinajstić information content (AvgIpc) is 1.91. The van der Waals surface area contributed by atoms with E-state index in [4.69, 9.17) is 0 Å². The second-order valence-corrected chi connectivity index (χ2v) is 3.25. The summed E-state index contributed by atoms with van der Waals surface area (Å²) in [7, 11) is 0. The first-order valence-corrected chi connectivity index (χ1v) is 4.80. The molecule has 0 aliphatic carbocycles. The van der Waals surface area contributed by atoms with Crippen molar-refractivity contribution in [1.29, 1.82) is 0 Å². The molecule has 0 fully saturated rings. The van der Waals surface area contributed by atoms with Crippen LogP contribution in [-0.2, 0) is 0 Å². The van der Waals surface area contributed by atoms with Crippen LogP contribution in [0.4, 0.5) is 0 Å². The quantitative estimate of drug-likeness (QED) is 0.516. The molecular weight excluding hydrogens is 140 g/mol. The molecule has 0 saturated carbocycles. The Hall–Kier alpha value is -0.170. The second kappa shape index (κ2) is 6.94. The van der Waals surface area contributed by atoms with E-state index in [9.17, 15) is 0 Å². The van der Waals surface area contributed by atoms with Gasteiger partial charge in [-0.2, -0.15) is 0 Å². The fourth-order valence-electron chi connectivity index (χ4n) is 0.487. The fraction of sp³-hybridized carbons (Fsp3) is 0.556. The zero-order valence-electron chi connectivity index (χ0n) is 7.05. The van der Waals surface area contributed by atoms with E-state index in [1.54, 1.807) is 0 Å². The highest BCUT2D eigenvalue weighted by atomic mass is 32.2. The van der Waals surface area contributed by atoms with Crippen LogP contribution < -0.4 is 0 Å². The van der Waals surface area contributed by atoms with Gasteiger partial charge in [0, 0.05) is 5.75 Å². The van der Waals surface area contributed by atoms with Gasteiger partial charge in [0.2, 0.25) is 0 Å². The van der Waals surface area contributed by atoms with Gasteiger partial charge in [0.1, 0.15) is 0 Å². The summed E-state index contributed by atoms with van der Waals surface area (Å²) in [6, 6.07) is 0. The van der Waals surface area contributed by atoms with Gasteiger partial charge in [-0.05, 0) is 12.3 Å². The van der Waals surface area contributed by atoms with Crippen LogP contribution in [0.15, 0.2) is 23.1 Å². The fourth-order valence-corrected chi connectivity index (χ4v) is 1.13. The van der Waals surface area contributed by atoms with E-state index in [0.29, 0.717) is 0 Å². The monoisotopic (exact) mass is 156 g/mol. The van der Waals surface area contributed by atoms with Crippen LogP contribution in [0.5, 0.6) is 0 Å². The summed E-state index contributed by atoms with van der Waals surface area (Å²) in [4.78, 5) is 0. The molecule has 0 nitrogen and oxygen atoms in total. The van der Waals surface area contributed by atoms with Crippen molar-refractivity contribution >= 4 is 11.8 Å². The molecule has 0 bridgehead atoms. The average molecular weight is 156 g/mol. The van der Waals surface area contributed by atoms with Crippen molar-refractivity contribution in [1.82, 2.24) is 0 Å². The maximum absolute atomic E-state index is 2.15. The molecule has 0 saturated heterocycles. The first-order valence-electron chi connectivity index (χ1n) is 3.75. The van der Waals surface area contributed by atoms with Crippen LogP contribution in [0.1, 0.15) is 27.2 Å². The lowest BCUT2D eigenvalue weighted by molar-refractivity contribution is 1.09. The van der Waals surface area contributed by atoms with E-state index in [2.05, 4.69) is 38.3 Å². The van der Waals surface area contributed by atoms with E-state index in [-0.39, 0.29) is 0 Å². The van der Waals surface area contributed by atoms with Crippen molar-refractivity contribution < 1.29 is 0 Å². The zero-order valence-corrected chi connectivity index (χ0v) is 7.87. The molecule has 0 spiro atoms. The van der Waals surface area contributed by atoms with Crippen LogP contribution in [0.25, 0.3) is 0 Å². The summed E-state index contributed by atoms with van der Waals surface area (Å²) in [5.41, 5.74) is 1.47. The van der Waals surface area contributed by atoms with E-state index in [1.807, 2.05) is 11.8 Å². The summed E-state index contributed by atoms with van der Waals surface area (Å²) in [5.74, 6) is 1.18. The molecule has 0 aromatic carbocycles. The number of rotatable bonds is 0. The van der Waals surface area contributed by atoms with Crippen LogP contribution in [0.3, 0.4) is 0 Å². The van der Waals surface area contributed by atoms with Crippen molar-refractivity contribution in [3.05, 3.63) is 23.1 Å². The summed E-state index contributed by atoms with van der Waals surface area (Å²) in [5, 5.41) is 2.12. The number of thioether (sulfide) groups is 1. The van der Waals surface area contributed by atoms with Gasteiger partial charge in [-0.15, -0.1) is 11.8 Å². The van der Waals surface area contributed by atoms with Crippen LogP contribution in [-0.4, -0.2) is 5.75 Å². The SMILES string of the molecule is CC1=CC=CSC1.CCC. The Morgan fingerprint density at radius 3 is 2.30 bits per heavy atom. The molecule has 10 heavy (non-hydrogen) atoms. The maximum Gasteiger partial charge on any atom is 0.0185 e. The van der Waals surface area contributed by atoms with Gasteiger partial charge >= 0.3 is 0 Å². The third-order valence-corrected chi connectivity index (χ3v) is 1.84. The third-order valence-electron chi connectivity index (χ3n) is 0.867. The van der Waals surface area contributed by atoms with Crippen LogP contribution >= 0.6 is 11.8 Å². The normalized spacial score (nSPS) is 15.3. The Labute approximate surface area is 68.4 Å². The van der Waals surface area contributed by atoms with Gasteiger partial charge in [0.25, 0.3) is 0 Å².